The second-order valence-electron chi connectivity index (χ2n) is 4.30. The number of ether oxygens (including phenoxy) is 1. The number of carbonyl (C=O) groups is 2. The number of hydrogen-bond acceptors (Lipinski definition) is 3. The van der Waals surface area contributed by atoms with Crippen molar-refractivity contribution in [2.75, 3.05) is 0 Å². The van der Waals surface area contributed by atoms with Crippen LogP contribution < -0.4 is 5.32 Å². The van der Waals surface area contributed by atoms with Gasteiger partial charge in [0.05, 0.1) is 6.04 Å². The van der Waals surface area contributed by atoms with Crippen molar-refractivity contribution in [3.8, 4) is 12.3 Å². The average molecular weight is 227 g/mol. The molecule has 0 saturated carbocycles. The van der Waals surface area contributed by atoms with Crippen molar-refractivity contribution in [2.24, 2.45) is 0 Å². The van der Waals surface area contributed by atoms with E-state index >= 15 is 0 Å². The van der Waals surface area contributed by atoms with Gasteiger partial charge in [-0.1, -0.05) is 5.92 Å². The number of carboxylic acid groups (broad SMARTS) is 1. The van der Waals surface area contributed by atoms with E-state index in [-0.39, 0.29) is 12.8 Å². The summed E-state index contributed by atoms with van der Waals surface area (Å²) in [5, 5.41) is 10.9. The fourth-order valence-electron chi connectivity index (χ4n) is 0.915. The predicted molar refractivity (Wildman–Crippen MR) is 58.9 cm³/mol. The quantitative estimate of drug-likeness (QED) is 0.711. The highest BCUT2D eigenvalue weighted by Crippen LogP contribution is 2.07. The minimum Gasteiger partial charge on any atom is -0.481 e. The molecule has 0 rings (SSSR count). The van der Waals surface area contributed by atoms with Crippen LogP contribution in [-0.4, -0.2) is 28.8 Å². The Kier molecular flexibility index (Phi) is 5.37. The first kappa shape index (κ1) is 14.3. The number of hydrogen-bond donors (Lipinski definition) is 2. The van der Waals surface area contributed by atoms with E-state index in [1.165, 1.54) is 0 Å². The lowest BCUT2D eigenvalue weighted by molar-refractivity contribution is -0.137. The molecule has 0 aliphatic carbocycles. The molecule has 0 aliphatic heterocycles. The molecule has 0 spiro atoms. The van der Waals surface area contributed by atoms with Gasteiger partial charge < -0.3 is 15.2 Å². The molecule has 0 aromatic heterocycles. The summed E-state index contributed by atoms with van der Waals surface area (Å²) in [7, 11) is 0. The molecule has 5 nitrogen and oxygen atoms in total. The molecule has 16 heavy (non-hydrogen) atoms. The molecule has 0 saturated heterocycles. The second-order valence-corrected chi connectivity index (χ2v) is 4.30. The number of rotatable bonds is 4. The first-order valence-electron chi connectivity index (χ1n) is 4.92. The first-order chi connectivity index (χ1) is 7.24. The summed E-state index contributed by atoms with van der Waals surface area (Å²) < 4.78 is 4.98. The summed E-state index contributed by atoms with van der Waals surface area (Å²) in [6.07, 6.45) is 4.61. The van der Waals surface area contributed by atoms with Gasteiger partial charge in [0.2, 0.25) is 0 Å². The number of aliphatic carboxylic acids is 1. The van der Waals surface area contributed by atoms with Crippen molar-refractivity contribution < 1.29 is 19.4 Å². The van der Waals surface area contributed by atoms with Crippen LogP contribution in [0, 0.1) is 12.3 Å². The van der Waals surface area contributed by atoms with Gasteiger partial charge >= 0.3 is 12.1 Å². The van der Waals surface area contributed by atoms with Crippen LogP contribution in [0.4, 0.5) is 4.79 Å². The van der Waals surface area contributed by atoms with Crippen LogP contribution in [0.25, 0.3) is 0 Å². The van der Waals surface area contributed by atoms with E-state index in [0.717, 1.165) is 0 Å². The van der Waals surface area contributed by atoms with Crippen molar-refractivity contribution in [2.45, 2.75) is 45.3 Å². The third-order valence-corrected chi connectivity index (χ3v) is 1.54. The van der Waals surface area contributed by atoms with Crippen molar-refractivity contribution >= 4 is 12.1 Å². The Morgan fingerprint density at radius 1 is 1.50 bits per heavy atom. The number of amides is 1. The Morgan fingerprint density at radius 3 is 2.44 bits per heavy atom. The molecule has 0 radical (unpaired) electrons. The van der Waals surface area contributed by atoms with Gasteiger partial charge in [0.1, 0.15) is 5.60 Å². The van der Waals surface area contributed by atoms with Gasteiger partial charge in [-0.2, -0.15) is 0 Å². The van der Waals surface area contributed by atoms with E-state index in [0.29, 0.717) is 0 Å². The van der Waals surface area contributed by atoms with Crippen LogP contribution in [0.2, 0.25) is 0 Å². The zero-order chi connectivity index (χ0) is 12.8. The first-order valence-corrected chi connectivity index (χ1v) is 4.92. The largest absolute Gasteiger partial charge is 0.481 e. The van der Waals surface area contributed by atoms with Gasteiger partial charge in [-0.05, 0) is 27.2 Å². The van der Waals surface area contributed by atoms with Gasteiger partial charge in [0.15, 0.2) is 0 Å². The van der Waals surface area contributed by atoms with Crippen molar-refractivity contribution in [3.05, 3.63) is 0 Å². The standard InChI is InChI=1S/C11H17NO4/c1-5-8(6-7-9(13)14)12-10(15)16-11(2,3)4/h1,8H,6-7H2,2-4H3,(H,12,15)(H,13,14)/t8-/m1/s1. The zero-order valence-corrected chi connectivity index (χ0v) is 9.74. The second kappa shape index (κ2) is 6.01. The molecule has 5 heteroatoms. The van der Waals surface area contributed by atoms with E-state index in [1.807, 2.05) is 0 Å². The minimum absolute atomic E-state index is 0.0926. The van der Waals surface area contributed by atoms with Crippen molar-refractivity contribution in [1.29, 1.82) is 0 Å². The Bertz CT molecular complexity index is 298. The molecule has 0 aromatic rings. The minimum atomic E-state index is -0.953. The molecule has 0 aliphatic rings. The number of alkyl carbamates (subject to hydrolysis) is 1. The number of carbonyl (C=O) groups excluding carboxylic acids is 1. The van der Waals surface area contributed by atoms with Crippen LogP contribution in [-0.2, 0) is 9.53 Å². The molecule has 0 heterocycles. The Balaban J connectivity index is 4.09. The maximum Gasteiger partial charge on any atom is 0.408 e. The molecule has 90 valence electrons. The smallest absolute Gasteiger partial charge is 0.408 e. The molecule has 1 amide bonds. The van der Waals surface area contributed by atoms with Gasteiger partial charge in [-0.25, -0.2) is 4.79 Å². The van der Waals surface area contributed by atoms with Crippen molar-refractivity contribution in [1.82, 2.24) is 5.32 Å². The van der Waals surface area contributed by atoms with Crippen LogP contribution in [0.3, 0.4) is 0 Å². The monoisotopic (exact) mass is 227 g/mol. The van der Waals surface area contributed by atoms with Crippen molar-refractivity contribution in [3.63, 3.8) is 0 Å². The van der Waals surface area contributed by atoms with Gasteiger partial charge in [-0.15, -0.1) is 6.42 Å². The van der Waals surface area contributed by atoms with E-state index in [1.54, 1.807) is 20.8 Å². The SMILES string of the molecule is C#C[C@H](CCC(=O)O)NC(=O)OC(C)(C)C. The molecular weight excluding hydrogens is 210 g/mol. The summed E-state index contributed by atoms with van der Waals surface area (Å²) in [5.41, 5.74) is -0.601. The van der Waals surface area contributed by atoms with Crippen LogP contribution in [0.5, 0.6) is 0 Å². The van der Waals surface area contributed by atoms with Gasteiger partial charge in [0.25, 0.3) is 0 Å². The van der Waals surface area contributed by atoms with Crippen LogP contribution in [0.1, 0.15) is 33.6 Å². The number of carboxylic acids is 1. The lowest BCUT2D eigenvalue weighted by Gasteiger charge is -2.21. The number of nitrogens with one attached hydrogen (secondary N) is 1. The van der Waals surface area contributed by atoms with Crippen LogP contribution >= 0.6 is 0 Å². The molecule has 0 unspecified atom stereocenters. The Hall–Kier alpha value is -1.70. The summed E-state index contributed by atoms with van der Waals surface area (Å²) in [4.78, 5) is 21.6. The molecule has 0 aromatic carbocycles. The third kappa shape index (κ3) is 7.68. The van der Waals surface area contributed by atoms with Gasteiger partial charge in [0, 0.05) is 6.42 Å². The average Bonchev–Trinajstić information content (AvgIpc) is 2.08. The highest BCUT2D eigenvalue weighted by molar-refractivity contribution is 5.69. The van der Waals surface area contributed by atoms with E-state index in [9.17, 15) is 9.59 Å². The number of terminal acetylenes is 1. The molecule has 2 N–H and O–H groups in total. The molecule has 0 fully saturated rings. The lowest BCUT2D eigenvalue weighted by atomic mass is 10.1. The Morgan fingerprint density at radius 2 is 2.06 bits per heavy atom. The molecule has 0 bridgehead atoms. The highest BCUT2D eigenvalue weighted by Gasteiger charge is 2.18. The molecule has 1 atom stereocenters. The summed E-state index contributed by atoms with van der Waals surface area (Å²) in [6.45, 7) is 5.19. The Labute approximate surface area is 95.2 Å². The van der Waals surface area contributed by atoms with E-state index in [2.05, 4.69) is 11.2 Å². The zero-order valence-electron chi connectivity index (χ0n) is 9.74. The maximum atomic E-state index is 11.3. The summed E-state index contributed by atoms with van der Waals surface area (Å²) >= 11 is 0. The fraction of sp³-hybridized carbons (Fsp3) is 0.636. The topological polar surface area (TPSA) is 75.6 Å². The summed E-state index contributed by atoms with van der Waals surface area (Å²) in [6, 6.07) is -0.619. The van der Waals surface area contributed by atoms with Crippen LogP contribution in [0.15, 0.2) is 0 Å². The molecular formula is C11H17NO4. The van der Waals surface area contributed by atoms with E-state index < -0.39 is 23.7 Å². The normalized spacial score (nSPS) is 12.4. The third-order valence-electron chi connectivity index (χ3n) is 1.54. The highest BCUT2D eigenvalue weighted by atomic mass is 16.6. The lowest BCUT2D eigenvalue weighted by Crippen LogP contribution is -2.38. The van der Waals surface area contributed by atoms with E-state index in [4.69, 9.17) is 16.3 Å². The maximum absolute atomic E-state index is 11.3. The fourth-order valence-corrected chi connectivity index (χ4v) is 0.915. The summed E-state index contributed by atoms with van der Waals surface area (Å²) in [5.74, 6) is 1.35. The van der Waals surface area contributed by atoms with Gasteiger partial charge in [-0.3, -0.25) is 4.79 Å². The predicted octanol–water partition coefficient (Wildman–Crippen LogP) is 1.38.